The number of imidazole rings is 1. The van der Waals surface area contributed by atoms with Crippen molar-refractivity contribution in [3.63, 3.8) is 0 Å². The van der Waals surface area contributed by atoms with Gasteiger partial charge in [0.15, 0.2) is 11.6 Å². The fraction of sp³-hybridized carbons (Fsp3) is 0.167. The maximum Gasteiger partial charge on any atom is 0.251 e. The number of nitrogens with one attached hydrogen (secondary N) is 1. The lowest BCUT2D eigenvalue weighted by Crippen LogP contribution is -2.26. The Morgan fingerprint density at radius 2 is 1.90 bits per heavy atom. The molecule has 0 radical (unpaired) electrons. The number of benzene rings is 2. The smallest absolute Gasteiger partial charge is 0.251 e. The van der Waals surface area contributed by atoms with Gasteiger partial charge in [-0.1, -0.05) is 12.1 Å². The highest BCUT2D eigenvalue weighted by atomic mass is 19.2. The highest BCUT2D eigenvalue weighted by Crippen LogP contribution is 2.19. The quantitative estimate of drug-likeness (QED) is 0.477. The summed E-state index contributed by atoms with van der Waals surface area (Å²) in [6, 6.07) is 13.8. The van der Waals surface area contributed by atoms with E-state index in [-0.39, 0.29) is 5.91 Å². The van der Waals surface area contributed by atoms with Crippen LogP contribution in [0, 0.1) is 18.6 Å². The predicted molar refractivity (Wildman–Crippen MR) is 113 cm³/mol. The van der Waals surface area contributed by atoms with Crippen LogP contribution in [0.25, 0.3) is 5.65 Å². The number of ether oxygens (including phenoxy) is 1. The fourth-order valence-corrected chi connectivity index (χ4v) is 3.28. The first kappa shape index (κ1) is 20.5. The first-order chi connectivity index (χ1) is 14.9. The van der Waals surface area contributed by atoms with Crippen LogP contribution in [0.4, 0.5) is 8.78 Å². The van der Waals surface area contributed by atoms with E-state index >= 15 is 0 Å². The lowest BCUT2D eigenvalue weighted by Gasteiger charge is -2.15. The summed E-state index contributed by atoms with van der Waals surface area (Å²) < 4.78 is 34.2. The number of carbonyl (C=O) groups excluding carboxylic acids is 1. The fourth-order valence-electron chi connectivity index (χ4n) is 3.28. The zero-order valence-corrected chi connectivity index (χ0v) is 17.1. The zero-order valence-electron chi connectivity index (χ0n) is 17.1. The number of aryl methyl sites for hydroxylation is 1. The van der Waals surface area contributed by atoms with E-state index in [1.165, 1.54) is 6.07 Å². The Morgan fingerprint density at radius 1 is 1.13 bits per heavy atom. The number of carbonyl (C=O) groups is 1. The summed E-state index contributed by atoms with van der Waals surface area (Å²) in [6.07, 6.45) is 3.86. The third-order valence-corrected chi connectivity index (χ3v) is 5.02. The molecule has 31 heavy (non-hydrogen) atoms. The van der Waals surface area contributed by atoms with Gasteiger partial charge in [-0.3, -0.25) is 4.79 Å². The molecule has 0 saturated heterocycles. The molecule has 4 rings (SSSR count). The SMILES string of the molecule is Cc1cccn2cc(COc3ccc(C(=O)NC(C)c4ccc(F)c(F)c4)cc3)nc12. The van der Waals surface area contributed by atoms with Gasteiger partial charge < -0.3 is 14.5 Å². The van der Waals surface area contributed by atoms with Crippen molar-refractivity contribution in [3.05, 3.63) is 101 Å². The van der Waals surface area contributed by atoms with Gasteiger partial charge in [-0.15, -0.1) is 0 Å². The van der Waals surface area contributed by atoms with Crippen LogP contribution < -0.4 is 10.1 Å². The van der Waals surface area contributed by atoms with Gasteiger partial charge in [-0.25, -0.2) is 13.8 Å². The maximum atomic E-state index is 13.4. The Hall–Kier alpha value is -3.74. The number of hydrogen-bond donors (Lipinski definition) is 1. The van der Waals surface area contributed by atoms with E-state index in [4.69, 9.17) is 4.74 Å². The van der Waals surface area contributed by atoms with Gasteiger partial charge in [0, 0.05) is 18.0 Å². The number of halogens is 2. The summed E-state index contributed by atoms with van der Waals surface area (Å²) in [5.41, 5.74) is 3.70. The molecule has 4 aromatic rings. The largest absolute Gasteiger partial charge is 0.487 e. The topological polar surface area (TPSA) is 55.6 Å². The molecule has 0 fully saturated rings. The van der Waals surface area contributed by atoms with Crippen LogP contribution in [0.1, 0.15) is 40.1 Å². The summed E-state index contributed by atoms with van der Waals surface area (Å²) >= 11 is 0. The van der Waals surface area contributed by atoms with Crippen molar-refractivity contribution < 1.29 is 18.3 Å². The molecular weight excluding hydrogens is 400 g/mol. The van der Waals surface area contributed by atoms with Crippen molar-refractivity contribution in [3.8, 4) is 5.75 Å². The molecule has 2 heterocycles. The Morgan fingerprint density at radius 3 is 2.61 bits per heavy atom. The maximum absolute atomic E-state index is 13.4. The number of aromatic nitrogens is 2. The Bertz CT molecular complexity index is 1240. The van der Waals surface area contributed by atoms with Crippen molar-refractivity contribution in [1.29, 1.82) is 0 Å². The highest BCUT2D eigenvalue weighted by molar-refractivity contribution is 5.94. The first-order valence-electron chi connectivity index (χ1n) is 9.82. The van der Waals surface area contributed by atoms with Crippen molar-refractivity contribution in [1.82, 2.24) is 14.7 Å². The number of hydrogen-bond acceptors (Lipinski definition) is 3. The molecule has 0 aliphatic carbocycles. The van der Waals surface area contributed by atoms with Crippen LogP contribution in [-0.4, -0.2) is 15.3 Å². The van der Waals surface area contributed by atoms with Gasteiger partial charge >= 0.3 is 0 Å². The van der Waals surface area contributed by atoms with Crippen molar-refractivity contribution in [2.24, 2.45) is 0 Å². The van der Waals surface area contributed by atoms with Crippen LogP contribution in [0.15, 0.2) is 67.0 Å². The van der Waals surface area contributed by atoms with E-state index in [1.807, 2.05) is 35.9 Å². The first-order valence-corrected chi connectivity index (χ1v) is 9.82. The van der Waals surface area contributed by atoms with E-state index in [2.05, 4.69) is 10.3 Å². The average Bonchev–Trinajstić information content (AvgIpc) is 3.19. The van der Waals surface area contributed by atoms with Gasteiger partial charge in [0.1, 0.15) is 18.0 Å². The van der Waals surface area contributed by atoms with Crippen molar-refractivity contribution in [2.75, 3.05) is 0 Å². The third-order valence-electron chi connectivity index (χ3n) is 5.02. The second-order valence-electron chi connectivity index (χ2n) is 7.34. The molecule has 1 N–H and O–H groups in total. The summed E-state index contributed by atoms with van der Waals surface area (Å²) in [4.78, 5) is 17.0. The molecule has 0 spiro atoms. The van der Waals surface area contributed by atoms with Gasteiger partial charge in [-0.05, 0) is 67.4 Å². The van der Waals surface area contributed by atoms with Crippen LogP contribution in [0.3, 0.4) is 0 Å². The Balaban J connectivity index is 1.37. The number of amides is 1. The molecule has 2 aromatic carbocycles. The molecule has 0 aliphatic rings. The number of fused-ring (bicyclic) bond motifs is 1. The van der Waals surface area contributed by atoms with Crippen molar-refractivity contribution >= 4 is 11.6 Å². The van der Waals surface area contributed by atoms with E-state index in [9.17, 15) is 13.6 Å². The van der Waals surface area contributed by atoms with Crippen LogP contribution in [0.5, 0.6) is 5.75 Å². The molecule has 0 bridgehead atoms. The highest BCUT2D eigenvalue weighted by Gasteiger charge is 2.14. The molecule has 0 saturated carbocycles. The molecule has 158 valence electrons. The lowest BCUT2D eigenvalue weighted by molar-refractivity contribution is 0.0939. The minimum absolute atomic E-state index is 0.305. The normalized spacial score (nSPS) is 12.0. The van der Waals surface area contributed by atoms with Crippen LogP contribution in [0.2, 0.25) is 0 Å². The molecule has 7 heteroatoms. The van der Waals surface area contributed by atoms with Crippen LogP contribution in [-0.2, 0) is 6.61 Å². The van der Waals surface area contributed by atoms with Gasteiger partial charge in [-0.2, -0.15) is 0 Å². The number of rotatable bonds is 6. The van der Waals surface area contributed by atoms with Gasteiger partial charge in [0.05, 0.1) is 11.7 Å². The lowest BCUT2D eigenvalue weighted by atomic mass is 10.1. The Kier molecular flexibility index (Phi) is 5.66. The Labute approximate surface area is 178 Å². The van der Waals surface area contributed by atoms with Crippen molar-refractivity contribution in [2.45, 2.75) is 26.5 Å². The molecule has 1 unspecified atom stereocenters. The summed E-state index contributed by atoms with van der Waals surface area (Å²) in [7, 11) is 0. The van der Waals surface area contributed by atoms with Gasteiger partial charge in [0.25, 0.3) is 5.91 Å². The van der Waals surface area contributed by atoms with E-state index < -0.39 is 17.7 Å². The molecule has 1 amide bonds. The monoisotopic (exact) mass is 421 g/mol. The summed E-state index contributed by atoms with van der Waals surface area (Å²) in [5.74, 6) is -1.57. The molecule has 5 nitrogen and oxygen atoms in total. The van der Waals surface area contributed by atoms with Crippen LogP contribution >= 0.6 is 0 Å². The molecule has 1 atom stereocenters. The second kappa shape index (κ2) is 8.55. The predicted octanol–water partition coefficient (Wildman–Crippen LogP) is 4.99. The van der Waals surface area contributed by atoms with E-state index in [1.54, 1.807) is 31.2 Å². The van der Waals surface area contributed by atoms with E-state index in [0.29, 0.717) is 23.5 Å². The van der Waals surface area contributed by atoms with E-state index in [0.717, 1.165) is 29.0 Å². The molecule has 2 aromatic heterocycles. The summed E-state index contributed by atoms with van der Waals surface area (Å²) in [6.45, 7) is 4.02. The molecule has 0 aliphatic heterocycles. The van der Waals surface area contributed by atoms with Gasteiger partial charge in [0.2, 0.25) is 0 Å². The minimum Gasteiger partial charge on any atom is -0.487 e. The minimum atomic E-state index is -0.944. The molecular formula is C24H21F2N3O2. The third kappa shape index (κ3) is 4.55. The standard InChI is InChI=1S/C24H21F2N3O2/c1-15-4-3-11-29-13-19(28-23(15)29)14-31-20-8-5-17(6-9-20)24(30)27-16(2)18-7-10-21(25)22(26)12-18/h3-13,16H,14H2,1-2H3,(H,27,30). The summed E-state index contributed by atoms with van der Waals surface area (Å²) in [5, 5.41) is 2.78. The second-order valence-corrected chi connectivity index (χ2v) is 7.34. The average molecular weight is 421 g/mol. The zero-order chi connectivity index (χ0) is 22.0. The number of pyridine rings is 1. The number of nitrogens with zero attached hydrogens (tertiary/aromatic N) is 2.